The van der Waals surface area contributed by atoms with Crippen LogP contribution in [0.5, 0.6) is 0 Å². The molecule has 3 atom stereocenters. The van der Waals surface area contributed by atoms with E-state index in [9.17, 15) is 4.79 Å². The van der Waals surface area contributed by atoms with Crippen LogP contribution in [0.3, 0.4) is 0 Å². The zero-order valence-electron chi connectivity index (χ0n) is 13.0. The van der Waals surface area contributed by atoms with Crippen LogP contribution in [0, 0.1) is 11.8 Å². The molecule has 2 rings (SSSR count). The molecule has 0 saturated heterocycles. The quantitative estimate of drug-likeness (QED) is 0.832. The zero-order chi connectivity index (χ0) is 15.5. The van der Waals surface area contributed by atoms with E-state index in [1.165, 1.54) is 0 Å². The van der Waals surface area contributed by atoms with Crippen LogP contribution in [0.4, 0.5) is 5.69 Å². The van der Waals surface area contributed by atoms with Gasteiger partial charge in [0, 0.05) is 10.7 Å². The number of benzene rings is 1. The number of ether oxygens (including phenoxy) is 1. The Hall–Kier alpha value is -1.22. The number of esters is 1. The van der Waals surface area contributed by atoms with Gasteiger partial charge in [0.05, 0.1) is 6.61 Å². The van der Waals surface area contributed by atoms with Crippen LogP contribution in [0.2, 0.25) is 5.02 Å². The summed E-state index contributed by atoms with van der Waals surface area (Å²) in [4.78, 5) is 12.5. The van der Waals surface area contributed by atoms with Crippen LogP contribution in [-0.4, -0.2) is 18.1 Å². The molecule has 1 aromatic rings. The van der Waals surface area contributed by atoms with E-state index in [1.54, 1.807) is 0 Å². The fourth-order valence-electron chi connectivity index (χ4n) is 3.07. The van der Waals surface area contributed by atoms with Crippen LogP contribution >= 0.6 is 11.6 Å². The molecule has 1 aromatic carbocycles. The summed E-state index contributed by atoms with van der Waals surface area (Å²) < 4.78 is 5.34. The third kappa shape index (κ3) is 3.70. The molecule has 116 valence electrons. The predicted octanol–water partition coefficient (Wildman–Crippen LogP) is 4.51. The molecule has 0 aliphatic heterocycles. The second-order valence-electron chi connectivity index (χ2n) is 6.14. The third-order valence-corrected chi connectivity index (χ3v) is 4.78. The molecule has 3 nitrogen and oxygen atoms in total. The highest BCUT2D eigenvalue weighted by Gasteiger charge is 2.45. The summed E-state index contributed by atoms with van der Waals surface area (Å²) in [6, 6.07) is 7.51. The van der Waals surface area contributed by atoms with Crippen molar-refractivity contribution in [3.05, 3.63) is 29.3 Å². The lowest BCUT2D eigenvalue weighted by atomic mass is 9.71. The Morgan fingerprint density at radius 3 is 2.81 bits per heavy atom. The minimum atomic E-state index is -0.632. The number of carbonyl (C=O) groups excluding carboxylic acids is 1. The first-order valence-electron chi connectivity index (χ1n) is 7.68. The number of hydrogen-bond acceptors (Lipinski definition) is 3. The molecule has 21 heavy (non-hydrogen) atoms. The van der Waals surface area contributed by atoms with Gasteiger partial charge in [-0.2, -0.15) is 0 Å². The molecular formula is C17H24ClNO2. The van der Waals surface area contributed by atoms with E-state index in [1.807, 2.05) is 31.2 Å². The summed E-state index contributed by atoms with van der Waals surface area (Å²) in [7, 11) is 0. The fraction of sp³-hybridized carbons (Fsp3) is 0.588. The molecule has 1 N–H and O–H groups in total. The first kappa shape index (κ1) is 16.2. The number of rotatable bonds is 4. The van der Waals surface area contributed by atoms with Crippen LogP contribution in [0.25, 0.3) is 0 Å². The van der Waals surface area contributed by atoms with E-state index in [0.717, 1.165) is 24.9 Å². The maximum Gasteiger partial charge on any atom is 0.331 e. The van der Waals surface area contributed by atoms with Gasteiger partial charge in [0.1, 0.15) is 5.54 Å². The van der Waals surface area contributed by atoms with E-state index in [2.05, 4.69) is 19.2 Å². The Balaban J connectivity index is 2.26. The maximum absolute atomic E-state index is 12.5. The molecule has 1 fully saturated rings. The van der Waals surface area contributed by atoms with Crippen molar-refractivity contribution in [3.63, 3.8) is 0 Å². The van der Waals surface area contributed by atoms with Gasteiger partial charge < -0.3 is 10.1 Å². The summed E-state index contributed by atoms with van der Waals surface area (Å²) in [5.41, 5.74) is 0.240. The molecule has 1 aliphatic rings. The Morgan fingerprint density at radius 2 is 2.19 bits per heavy atom. The molecule has 1 saturated carbocycles. The summed E-state index contributed by atoms with van der Waals surface area (Å²) >= 11 is 6.04. The van der Waals surface area contributed by atoms with E-state index >= 15 is 0 Å². The minimum absolute atomic E-state index is 0.149. The van der Waals surface area contributed by atoms with Gasteiger partial charge in [-0.05, 0) is 56.2 Å². The molecule has 3 unspecified atom stereocenters. The second kappa shape index (κ2) is 6.69. The van der Waals surface area contributed by atoms with E-state index in [-0.39, 0.29) is 5.97 Å². The lowest BCUT2D eigenvalue weighted by molar-refractivity contribution is -0.150. The second-order valence-corrected chi connectivity index (χ2v) is 6.57. The highest BCUT2D eigenvalue weighted by molar-refractivity contribution is 6.30. The van der Waals surface area contributed by atoms with Gasteiger partial charge in [0.2, 0.25) is 0 Å². The Kier molecular flexibility index (Phi) is 5.15. The van der Waals surface area contributed by atoms with Crippen molar-refractivity contribution in [2.24, 2.45) is 11.8 Å². The van der Waals surface area contributed by atoms with Crippen molar-refractivity contribution < 1.29 is 9.53 Å². The highest BCUT2D eigenvalue weighted by atomic mass is 35.5. The van der Waals surface area contributed by atoms with Crippen LogP contribution in [0.15, 0.2) is 24.3 Å². The van der Waals surface area contributed by atoms with Crippen molar-refractivity contribution in [3.8, 4) is 0 Å². The van der Waals surface area contributed by atoms with Gasteiger partial charge in [-0.15, -0.1) is 0 Å². The van der Waals surface area contributed by atoms with E-state index < -0.39 is 5.54 Å². The number of hydrogen-bond donors (Lipinski definition) is 1. The largest absolute Gasteiger partial charge is 0.464 e. The smallest absolute Gasteiger partial charge is 0.331 e. The molecule has 0 heterocycles. The van der Waals surface area contributed by atoms with Gasteiger partial charge in [-0.1, -0.05) is 31.5 Å². The maximum atomic E-state index is 12.5. The van der Waals surface area contributed by atoms with Gasteiger partial charge in [0.15, 0.2) is 0 Å². The van der Waals surface area contributed by atoms with Crippen LogP contribution < -0.4 is 5.32 Å². The zero-order valence-corrected chi connectivity index (χ0v) is 13.7. The molecule has 0 aromatic heterocycles. The van der Waals surface area contributed by atoms with Crippen molar-refractivity contribution >= 4 is 23.3 Å². The molecule has 4 heteroatoms. The summed E-state index contributed by atoms with van der Waals surface area (Å²) in [5.74, 6) is 0.965. The van der Waals surface area contributed by atoms with Gasteiger partial charge in [-0.25, -0.2) is 4.79 Å². The Morgan fingerprint density at radius 1 is 1.43 bits per heavy atom. The average molecular weight is 310 g/mol. The molecule has 1 aliphatic carbocycles. The molecular weight excluding hydrogens is 286 g/mol. The van der Waals surface area contributed by atoms with Crippen molar-refractivity contribution in [1.29, 1.82) is 0 Å². The van der Waals surface area contributed by atoms with Crippen LogP contribution in [-0.2, 0) is 9.53 Å². The topological polar surface area (TPSA) is 38.3 Å². The van der Waals surface area contributed by atoms with Crippen LogP contribution in [0.1, 0.15) is 40.0 Å². The highest BCUT2D eigenvalue weighted by Crippen LogP contribution is 2.39. The summed E-state index contributed by atoms with van der Waals surface area (Å²) in [6.07, 6.45) is 2.61. The van der Waals surface area contributed by atoms with Crippen molar-refractivity contribution in [1.82, 2.24) is 0 Å². The molecule has 0 radical (unpaired) electrons. The average Bonchev–Trinajstić information content (AvgIpc) is 2.43. The number of anilines is 1. The monoisotopic (exact) mass is 309 g/mol. The van der Waals surface area contributed by atoms with Gasteiger partial charge in [0.25, 0.3) is 0 Å². The minimum Gasteiger partial charge on any atom is -0.464 e. The number of halogens is 1. The lowest BCUT2D eigenvalue weighted by Crippen LogP contribution is -2.52. The van der Waals surface area contributed by atoms with E-state index in [4.69, 9.17) is 16.3 Å². The first-order chi connectivity index (χ1) is 9.97. The van der Waals surface area contributed by atoms with Crippen molar-refractivity contribution in [2.45, 2.75) is 45.6 Å². The Labute approximate surface area is 132 Å². The number of nitrogens with one attached hydrogen (secondary N) is 1. The third-order valence-electron chi connectivity index (χ3n) is 4.54. The Bertz CT molecular complexity index is 505. The van der Waals surface area contributed by atoms with Crippen molar-refractivity contribution in [2.75, 3.05) is 11.9 Å². The first-order valence-corrected chi connectivity index (χ1v) is 8.05. The summed E-state index contributed by atoms with van der Waals surface area (Å²) in [6.45, 7) is 6.71. The normalized spacial score (nSPS) is 29.0. The fourth-order valence-corrected chi connectivity index (χ4v) is 3.26. The van der Waals surface area contributed by atoms with Gasteiger partial charge in [-0.3, -0.25) is 0 Å². The lowest BCUT2D eigenvalue weighted by Gasteiger charge is -2.42. The standard InChI is InChI=1S/C17H24ClNO2/c1-4-21-16(20)17(9-8-12(2)13(3)11-17)19-15-7-5-6-14(18)10-15/h5-7,10,12-13,19H,4,8-9,11H2,1-3H3. The molecule has 0 bridgehead atoms. The molecule has 0 amide bonds. The predicted molar refractivity (Wildman–Crippen MR) is 86.6 cm³/mol. The SMILES string of the molecule is CCOC(=O)C1(Nc2cccc(Cl)c2)CCC(C)C(C)C1. The van der Waals surface area contributed by atoms with Gasteiger partial charge >= 0.3 is 5.97 Å². The number of carbonyl (C=O) groups is 1. The summed E-state index contributed by atoms with van der Waals surface area (Å²) in [5, 5.41) is 4.07. The molecule has 0 spiro atoms. The van der Waals surface area contributed by atoms with E-state index in [0.29, 0.717) is 23.5 Å².